The van der Waals surface area contributed by atoms with Gasteiger partial charge in [0.2, 0.25) is 5.91 Å². The van der Waals surface area contributed by atoms with Gasteiger partial charge >= 0.3 is 0 Å². The van der Waals surface area contributed by atoms with Gasteiger partial charge in [0, 0.05) is 6.42 Å². The molecule has 0 spiro atoms. The number of amides is 1. The summed E-state index contributed by atoms with van der Waals surface area (Å²) in [5.41, 5.74) is 0. The number of unbranched alkanes of at least 4 members (excludes halogenated alkanes) is 48. The van der Waals surface area contributed by atoms with Crippen molar-refractivity contribution in [1.82, 2.24) is 5.32 Å². The Morgan fingerprint density at radius 1 is 0.333 bits per heavy atom. The summed E-state index contributed by atoms with van der Waals surface area (Å²) in [4.78, 5) is 13.5. The Balaban J connectivity index is 1.33. The highest BCUT2D eigenvalue weighted by Crippen LogP contribution is 2.33. The lowest BCUT2D eigenvalue weighted by Crippen LogP contribution is -2.66. The predicted octanol–water partition coefficient (Wildman–Crippen LogP) is 15.6. The molecule has 3 fully saturated rings. The second-order valence-corrected chi connectivity index (χ2v) is 31.0. The molecule has 1 amide bonds. The summed E-state index contributed by atoms with van der Waals surface area (Å²) in [5.74, 6) is -0.283. The van der Waals surface area contributed by atoms with E-state index >= 15 is 0 Å². The van der Waals surface area contributed by atoms with E-state index in [4.69, 9.17) is 28.4 Å². The first-order chi connectivity index (χ1) is 51.3. The first kappa shape index (κ1) is 96.9. The quantitative estimate of drug-likeness (QED) is 0.0199. The van der Waals surface area contributed by atoms with Gasteiger partial charge in [-0.05, 0) is 70.6 Å². The largest absolute Gasteiger partial charge is 0.394 e. The van der Waals surface area contributed by atoms with Crippen LogP contribution in [0.2, 0.25) is 0 Å². The molecule has 3 rings (SSSR count). The van der Waals surface area contributed by atoms with Gasteiger partial charge in [-0.3, -0.25) is 4.79 Å². The fraction of sp³-hybridized carbons (Fsp3) is 0.895. The van der Waals surface area contributed by atoms with Gasteiger partial charge < -0.3 is 89.9 Å². The molecular formula is C86H159NO18. The Labute approximate surface area is 637 Å². The molecule has 19 heteroatoms. The summed E-state index contributed by atoms with van der Waals surface area (Å²) in [6.45, 7) is 1.76. The third-order valence-electron chi connectivity index (χ3n) is 21.6. The van der Waals surface area contributed by atoms with E-state index in [2.05, 4.69) is 55.6 Å². The lowest BCUT2D eigenvalue weighted by molar-refractivity contribution is -0.379. The third kappa shape index (κ3) is 45.8. The van der Waals surface area contributed by atoms with E-state index in [1.54, 1.807) is 6.08 Å². The van der Waals surface area contributed by atoms with Crippen molar-refractivity contribution in [3.63, 3.8) is 0 Å². The molecule has 17 atom stereocenters. The van der Waals surface area contributed by atoms with Crippen molar-refractivity contribution in [2.45, 2.75) is 465 Å². The fourth-order valence-electron chi connectivity index (χ4n) is 14.6. The van der Waals surface area contributed by atoms with E-state index in [1.165, 1.54) is 283 Å². The zero-order valence-electron chi connectivity index (χ0n) is 66.2. The minimum Gasteiger partial charge on any atom is -0.394 e. The molecule has 0 radical (unpaired) electrons. The van der Waals surface area contributed by atoms with Crippen LogP contribution in [0.15, 0.2) is 48.6 Å². The molecule has 0 bridgehead atoms. The van der Waals surface area contributed by atoms with Crippen LogP contribution in [0.3, 0.4) is 0 Å². The average molecular weight is 1500 g/mol. The number of carbonyl (C=O) groups is 1. The maximum absolute atomic E-state index is 13.5. The van der Waals surface area contributed by atoms with Gasteiger partial charge in [-0.1, -0.05) is 332 Å². The smallest absolute Gasteiger partial charge is 0.220 e. The molecule has 0 aromatic carbocycles. The Hall–Kier alpha value is -2.25. The van der Waals surface area contributed by atoms with Crippen molar-refractivity contribution >= 4 is 5.91 Å². The second-order valence-electron chi connectivity index (χ2n) is 31.0. The molecule has 105 heavy (non-hydrogen) atoms. The molecule has 17 unspecified atom stereocenters. The molecule has 616 valence electrons. The molecular weight excluding hydrogens is 1330 g/mol. The molecule has 0 aliphatic carbocycles. The molecule has 3 saturated heterocycles. The fourth-order valence-corrected chi connectivity index (χ4v) is 14.6. The monoisotopic (exact) mass is 1490 g/mol. The number of rotatable bonds is 70. The van der Waals surface area contributed by atoms with Crippen molar-refractivity contribution in [2.24, 2.45) is 0 Å². The zero-order valence-corrected chi connectivity index (χ0v) is 66.2. The number of carbonyl (C=O) groups excluding carboxylic acids is 1. The van der Waals surface area contributed by atoms with Crippen molar-refractivity contribution in [3.8, 4) is 0 Å². The minimum absolute atomic E-state index is 0.235. The Morgan fingerprint density at radius 3 is 0.952 bits per heavy atom. The molecule has 3 aliphatic rings. The summed E-state index contributed by atoms with van der Waals surface area (Å²) >= 11 is 0. The van der Waals surface area contributed by atoms with Gasteiger partial charge in [-0.2, -0.15) is 0 Å². The SMILES string of the molecule is CCCCCCCCCC/C=C\CCCCCCCCCCCCCCCCCCCCCCCCCCCC(=O)NC(COC1OC(CO)C(OC2OC(CO)C(OC3OC(CO)C(O)C(O)C3O)C(O)C2O)C(O)C1O)C(O)/C=C/CC/C=C/CC/C=C/CCCCCCCCCCCCCCC. The predicted molar refractivity (Wildman–Crippen MR) is 420 cm³/mol. The van der Waals surface area contributed by atoms with Gasteiger partial charge in [0.25, 0.3) is 0 Å². The van der Waals surface area contributed by atoms with Crippen LogP contribution in [0.1, 0.15) is 361 Å². The van der Waals surface area contributed by atoms with Crippen LogP contribution in [0.5, 0.6) is 0 Å². The van der Waals surface area contributed by atoms with Crippen molar-refractivity contribution in [1.29, 1.82) is 0 Å². The number of hydrogen-bond donors (Lipinski definition) is 12. The number of allylic oxidation sites excluding steroid dienone is 7. The molecule has 3 aliphatic heterocycles. The van der Waals surface area contributed by atoms with Crippen LogP contribution in [-0.2, 0) is 33.2 Å². The van der Waals surface area contributed by atoms with Crippen LogP contribution in [0, 0.1) is 0 Å². The summed E-state index contributed by atoms with van der Waals surface area (Å²) in [7, 11) is 0. The van der Waals surface area contributed by atoms with Crippen molar-refractivity contribution in [2.75, 3.05) is 26.4 Å². The van der Waals surface area contributed by atoms with Gasteiger partial charge in [0.05, 0.1) is 38.6 Å². The van der Waals surface area contributed by atoms with Crippen molar-refractivity contribution < 1.29 is 89.4 Å². The van der Waals surface area contributed by atoms with Gasteiger partial charge in [0.1, 0.15) is 73.2 Å². The number of hydrogen-bond acceptors (Lipinski definition) is 18. The van der Waals surface area contributed by atoms with Crippen LogP contribution in [0.4, 0.5) is 0 Å². The average Bonchev–Trinajstić information content (AvgIpc) is 0.779. The molecule has 0 aromatic heterocycles. The normalized spacial score (nSPS) is 26.0. The van der Waals surface area contributed by atoms with Crippen molar-refractivity contribution in [3.05, 3.63) is 48.6 Å². The molecule has 0 saturated carbocycles. The third-order valence-corrected chi connectivity index (χ3v) is 21.6. The Morgan fingerprint density at radius 2 is 0.610 bits per heavy atom. The number of ether oxygens (including phenoxy) is 6. The van der Waals surface area contributed by atoms with E-state index < -0.39 is 124 Å². The standard InChI is InChI=1S/C86H159NO18/c1-3-5-7-9-11-13-15-17-19-21-23-25-27-28-29-30-31-32-33-34-35-36-37-38-39-40-42-44-46-48-50-52-54-56-58-60-62-64-74(92)87-69(70(91)63-61-59-57-55-53-51-49-47-45-43-41-26-24-22-20-18-16-14-12-10-8-6-4-2)68-100-84-80(98)77(95)82(72(66-89)102-84)105-86-81(99)78(96)83(73(67-90)103-86)104-85-79(97)76(94)75(93)71(65-88)101-85/h21,23,45,47,53,55,61,63,69-73,75-86,88-91,93-99H,3-20,22,24-44,46,48-52,54,56-60,62,64-68H2,1-2H3,(H,87,92)/b23-21-,47-45+,55-53+,63-61+. The van der Waals surface area contributed by atoms with E-state index in [0.29, 0.717) is 12.8 Å². The number of aliphatic hydroxyl groups excluding tert-OH is 11. The van der Waals surface area contributed by atoms with Crippen LogP contribution >= 0.6 is 0 Å². The van der Waals surface area contributed by atoms with Crippen LogP contribution in [0.25, 0.3) is 0 Å². The minimum atomic E-state index is -1.98. The lowest BCUT2D eigenvalue weighted by Gasteiger charge is -2.48. The van der Waals surface area contributed by atoms with Crippen LogP contribution < -0.4 is 5.32 Å². The Kier molecular flexibility index (Phi) is 61.3. The second kappa shape index (κ2) is 66.4. The number of nitrogens with one attached hydrogen (secondary N) is 1. The van der Waals surface area contributed by atoms with E-state index in [0.717, 1.165) is 44.9 Å². The van der Waals surface area contributed by atoms with Gasteiger partial charge in [0.15, 0.2) is 18.9 Å². The summed E-state index contributed by atoms with van der Waals surface area (Å²) < 4.78 is 34.5. The molecule has 12 N–H and O–H groups in total. The van der Waals surface area contributed by atoms with E-state index in [9.17, 15) is 61.0 Å². The zero-order chi connectivity index (χ0) is 76.0. The lowest BCUT2D eigenvalue weighted by atomic mass is 9.96. The highest BCUT2D eigenvalue weighted by atomic mass is 16.8. The topological polar surface area (TPSA) is 307 Å². The maximum Gasteiger partial charge on any atom is 0.220 e. The molecule has 19 nitrogen and oxygen atoms in total. The molecule has 3 heterocycles. The Bertz CT molecular complexity index is 2080. The van der Waals surface area contributed by atoms with Crippen LogP contribution in [-0.4, -0.2) is 193 Å². The number of aliphatic hydroxyl groups is 11. The first-order valence-electron chi connectivity index (χ1n) is 43.4. The molecule has 0 aromatic rings. The summed E-state index contributed by atoms with van der Waals surface area (Å²) in [6, 6.07) is -0.997. The van der Waals surface area contributed by atoms with Gasteiger partial charge in [-0.15, -0.1) is 0 Å². The maximum atomic E-state index is 13.5. The first-order valence-corrected chi connectivity index (χ1v) is 43.4. The summed E-state index contributed by atoms with van der Waals surface area (Å²) in [6.07, 6.45) is 58.4. The van der Waals surface area contributed by atoms with E-state index in [-0.39, 0.29) is 18.9 Å². The highest BCUT2D eigenvalue weighted by molar-refractivity contribution is 5.76. The van der Waals surface area contributed by atoms with E-state index in [1.807, 2.05) is 6.08 Å². The van der Waals surface area contributed by atoms with Gasteiger partial charge in [-0.25, -0.2) is 0 Å². The highest BCUT2D eigenvalue weighted by Gasteiger charge is 2.54. The summed E-state index contributed by atoms with van der Waals surface area (Å²) in [5, 5.41) is 121.